The number of aromatic amines is 1. The smallest absolute Gasteiger partial charge is 0.339 e. The van der Waals surface area contributed by atoms with Crippen LogP contribution in [0.2, 0.25) is 5.15 Å². The lowest BCUT2D eigenvalue weighted by atomic mass is 9.96. The molecular formula is C20H20ClN5O2. The summed E-state index contributed by atoms with van der Waals surface area (Å²) in [4.78, 5) is 33.5. The van der Waals surface area contributed by atoms with Gasteiger partial charge in [0.05, 0.1) is 12.1 Å². The van der Waals surface area contributed by atoms with Crippen LogP contribution in [0.3, 0.4) is 0 Å². The predicted molar refractivity (Wildman–Crippen MR) is 106 cm³/mol. The van der Waals surface area contributed by atoms with Crippen molar-refractivity contribution in [2.24, 2.45) is 0 Å². The Labute approximate surface area is 167 Å². The van der Waals surface area contributed by atoms with Crippen LogP contribution >= 0.6 is 11.6 Å². The number of rotatable bonds is 4. The van der Waals surface area contributed by atoms with E-state index in [9.17, 15) is 9.59 Å². The molecule has 0 aliphatic carbocycles. The van der Waals surface area contributed by atoms with Gasteiger partial charge in [-0.15, -0.1) is 0 Å². The number of likely N-dealkylation sites (tertiary alicyclic amines) is 1. The summed E-state index contributed by atoms with van der Waals surface area (Å²) in [6.45, 7) is 1.66. The van der Waals surface area contributed by atoms with Crippen LogP contribution in [0.15, 0.2) is 53.5 Å². The molecule has 144 valence electrons. The maximum atomic E-state index is 12.6. The van der Waals surface area contributed by atoms with E-state index in [1.54, 1.807) is 17.0 Å². The molecule has 1 saturated heterocycles. The van der Waals surface area contributed by atoms with E-state index in [-0.39, 0.29) is 17.5 Å². The van der Waals surface area contributed by atoms with Crippen LogP contribution in [-0.4, -0.2) is 43.6 Å². The van der Waals surface area contributed by atoms with E-state index in [1.165, 1.54) is 10.9 Å². The van der Waals surface area contributed by atoms with Crippen molar-refractivity contribution in [3.8, 4) is 0 Å². The number of nitrogens with zero attached hydrogens (tertiary/aromatic N) is 4. The highest BCUT2D eigenvalue weighted by Gasteiger charge is 2.27. The molecule has 1 amide bonds. The highest BCUT2D eigenvalue weighted by molar-refractivity contribution is 6.29. The lowest BCUT2D eigenvalue weighted by Gasteiger charge is -2.31. The van der Waals surface area contributed by atoms with Crippen molar-refractivity contribution in [3.63, 3.8) is 0 Å². The summed E-state index contributed by atoms with van der Waals surface area (Å²) in [5.41, 5.74) is 1.35. The van der Waals surface area contributed by atoms with Crippen molar-refractivity contribution in [2.75, 3.05) is 13.1 Å². The molecule has 4 rings (SSSR count). The predicted octanol–water partition coefficient (Wildman–Crippen LogP) is 2.69. The molecule has 1 N–H and O–H groups in total. The summed E-state index contributed by atoms with van der Waals surface area (Å²) in [7, 11) is 0. The van der Waals surface area contributed by atoms with Crippen molar-refractivity contribution in [3.05, 3.63) is 81.3 Å². The third-order valence-electron chi connectivity index (χ3n) is 5.02. The standard InChI is InChI=1S/C20H20ClN5O2/c21-17-7-6-16(12-22-17)19(27)25-10-8-15(9-11-25)18-23-20(28)26(24-18)13-14-4-2-1-3-5-14/h1-7,12,15H,8-11,13H2,(H,23,24,28). The Hall–Kier alpha value is -2.93. The summed E-state index contributed by atoms with van der Waals surface area (Å²) in [6.07, 6.45) is 3.01. The Bertz CT molecular complexity index is 1010. The number of halogens is 1. The van der Waals surface area contributed by atoms with E-state index in [0.717, 1.165) is 18.4 Å². The first kappa shape index (κ1) is 18.4. The topological polar surface area (TPSA) is 83.9 Å². The number of piperidine rings is 1. The van der Waals surface area contributed by atoms with Gasteiger partial charge in [0.15, 0.2) is 0 Å². The third kappa shape index (κ3) is 3.99. The SMILES string of the molecule is O=C(c1ccc(Cl)nc1)N1CCC(c2nn(Cc3ccccc3)c(=O)[nH]2)CC1. The summed E-state index contributed by atoms with van der Waals surface area (Å²) in [5, 5.41) is 4.85. The summed E-state index contributed by atoms with van der Waals surface area (Å²) in [5.74, 6) is 0.782. The Kier molecular flexibility index (Phi) is 5.25. The average molecular weight is 398 g/mol. The van der Waals surface area contributed by atoms with Crippen molar-refractivity contribution >= 4 is 17.5 Å². The molecule has 7 nitrogen and oxygen atoms in total. The van der Waals surface area contributed by atoms with Crippen molar-refractivity contribution in [1.82, 2.24) is 24.6 Å². The molecule has 1 aliphatic heterocycles. The van der Waals surface area contributed by atoms with Gasteiger partial charge in [-0.25, -0.2) is 14.5 Å². The van der Waals surface area contributed by atoms with Gasteiger partial charge in [0.2, 0.25) is 0 Å². The molecule has 0 bridgehead atoms. The minimum atomic E-state index is -0.204. The van der Waals surface area contributed by atoms with Crippen LogP contribution in [-0.2, 0) is 6.54 Å². The van der Waals surface area contributed by atoms with Crippen molar-refractivity contribution in [2.45, 2.75) is 25.3 Å². The van der Waals surface area contributed by atoms with Gasteiger partial charge in [0.1, 0.15) is 11.0 Å². The normalized spacial score (nSPS) is 15.0. The summed E-state index contributed by atoms with van der Waals surface area (Å²) < 4.78 is 1.46. The van der Waals surface area contributed by atoms with Crippen LogP contribution in [0, 0.1) is 0 Å². The van der Waals surface area contributed by atoms with Crippen LogP contribution in [0.25, 0.3) is 0 Å². The van der Waals surface area contributed by atoms with E-state index < -0.39 is 0 Å². The van der Waals surface area contributed by atoms with Crippen molar-refractivity contribution < 1.29 is 4.79 Å². The molecule has 3 aromatic rings. The Balaban J connectivity index is 1.40. The van der Waals surface area contributed by atoms with Gasteiger partial charge in [-0.3, -0.25) is 9.78 Å². The minimum Gasteiger partial charge on any atom is -0.339 e. The molecule has 3 heterocycles. The molecule has 0 unspecified atom stereocenters. The number of carbonyl (C=O) groups is 1. The Morgan fingerprint density at radius 2 is 1.89 bits per heavy atom. The lowest BCUT2D eigenvalue weighted by Crippen LogP contribution is -2.38. The summed E-state index contributed by atoms with van der Waals surface area (Å²) >= 11 is 5.78. The third-order valence-corrected chi connectivity index (χ3v) is 5.24. The van der Waals surface area contributed by atoms with Gasteiger partial charge in [0, 0.05) is 25.2 Å². The van der Waals surface area contributed by atoms with Crippen LogP contribution in [0.4, 0.5) is 0 Å². The fourth-order valence-corrected chi connectivity index (χ4v) is 3.57. The van der Waals surface area contributed by atoms with Gasteiger partial charge in [0.25, 0.3) is 5.91 Å². The van der Waals surface area contributed by atoms with Crippen molar-refractivity contribution in [1.29, 1.82) is 0 Å². The number of benzene rings is 1. The molecule has 0 saturated carbocycles. The zero-order chi connectivity index (χ0) is 19.5. The van der Waals surface area contributed by atoms with E-state index in [0.29, 0.717) is 36.2 Å². The van der Waals surface area contributed by atoms with E-state index in [2.05, 4.69) is 15.1 Å². The molecule has 1 fully saturated rings. The fourth-order valence-electron chi connectivity index (χ4n) is 3.46. The number of nitrogens with one attached hydrogen (secondary N) is 1. The first-order valence-electron chi connectivity index (χ1n) is 9.22. The van der Waals surface area contributed by atoms with E-state index >= 15 is 0 Å². The zero-order valence-electron chi connectivity index (χ0n) is 15.2. The molecular weight excluding hydrogens is 378 g/mol. The van der Waals surface area contributed by atoms with E-state index in [1.807, 2.05) is 30.3 Å². The number of amides is 1. The maximum absolute atomic E-state index is 12.6. The largest absolute Gasteiger partial charge is 0.343 e. The first-order chi connectivity index (χ1) is 13.6. The molecule has 1 aliphatic rings. The first-order valence-corrected chi connectivity index (χ1v) is 9.60. The molecule has 28 heavy (non-hydrogen) atoms. The monoisotopic (exact) mass is 397 g/mol. The van der Waals surface area contributed by atoms with Crippen LogP contribution < -0.4 is 5.69 Å². The summed E-state index contributed by atoms with van der Waals surface area (Å²) in [6, 6.07) is 13.1. The van der Waals surface area contributed by atoms with Gasteiger partial charge in [-0.2, -0.15) is 5.10 Å². The molecule has 2 aromatic heterocycles. The molecule has 0 spiro atoms. The van der Waals surface area contributed by atoms with Gasteiger partial charge in [-0.1, -0.05) is 41.9 Å². The second-order valence-corrected chi connectivity index (χ2v) is 7.28. The second kappa shape index (κ2) is 7.98. The zero-order valence-corrected chi connectivity index (χ0v) is 16.0. The average Bonchev–Trinajstić information content (AvgIpc) is 3.09. The quantitative estimate of drug-likeness (QED) is 0.686. The number of carbonyl (C=O) groups excluding carboxylic acids is 1. The minimum absolute atomic E-state index is 0.0503. The highest BCUT2D eigenvalue weighted by Crippen LogP contribution is 2.26. The molecule has 1 aromatic carbocycles. The van der Waals surface area contributed by atoms with Gasteiger partial charge in [-0.05, 0) is 30.5 Å². The highest BCUT2D eigenvalue weighted by atomic mass is 35.5. The maximum Gasteiger partial charge on any atom is 0.343 e. The Morgan fingerprint density at radius 1 is 1.14 bits per heavy atom. The van der Waals surface area contributed by atoms with Crippen LogP contribution in [0.1, 0.15) is 40.5 Å². The number of pyridine rings is 1. The molecule has 8 heteroatoms. The number of aromatic nitrogens is 4. The fraction of sp³-hybridized carbons (Fsp3) is 0.300. The number of hydrogen-bond acceptors (Lipinski definition) is 4. The van der Waals surface area contributed by atoms with Crippen LogP contribution in [0.5, 0.6) is 0 Å². The van der Waals surface area contributed by atoms with Gasteiger partial charge >= 0.3 is 5.69 Å². The molecule has 0 atom stereocenters. The van der Waals surface area contributed by atoms with Gasteiger partial charge < -0.3 is 4.90 Å². The number of H-pyrrole nitrogens is 1. The Morgan fingerprint density at radius 3 is 2.57 bits per heavy atom. The van der Waals surface area contributed by atoms with E-state index in [4.69, 9.17) is 11.6 Å². The molecule has 0 radical (unpaired) electrons. The lowest BCUT2D eigenvalue weighted by molar-refractivity contribution is 0.0710. The second-order valence-electron chi connectivity index (χ2n) is 6.89. The number of hydrogen-bond donors (Lipinski definition) is 1.